The number of fused-ring (bicyclic) bond motifs is 1. The fourth-order valence-electron chi connectivity index (χ4n) is 3.83. The Hall–Kier alpha value is -3.73. The lowest BCUT2D eigenvalue weighted by Gasteiger charge is -2.19. The fraction of sp³-hybridized carbons (Fsp3) is 0.148. The van der Waals surface area contributed by atoms with E-state index in [9.17, 15) is 8.78 Å². The van der Waals surface area contributed by atoms with E-state index >= 15 is 0 Å². The smallest absolute Gasteiger partial charge is 0.163 e. The van der Waals surface area contributed by atoms with Gasteiger partial charge in [-0.3, -0.25) is 0 Å². The Balaban J connectivity index is 1.89. The van der Waals surface area contributed by atoms with Gasteiger partial charge in [-0.2, -0.15) is 0 Å². The molecule has 0 spiro atoms. The van der Waals surface area contributed by atoms with Crippen LogP contribution < -0.4 is 11.1 Å². The Bertz CT molecular complexity index is 1440. The van der Waals surface area contributed by atoms with Crippen LogP contribution in [0.25, 0.3) is 28.0 Å². The lowest BCUT2D eigenvalue weighted by Crippen LogP contribution is -2.09. The van der Waals surface area contributed by atoms with E-state index in [1.165, 1.54) is 6.07 Å². The fourth-order valence-corrected chi connectivity index (χ4v) is 4.10. The van der Waals surface area contributed by atoms with Gasteiger partial charge in [-0.15, -0.1) is 5.73 Å². The van der Waals surface area contributed by atoms with E-state index in [1.807, 2.05) is 38.1 Å². The maximum atomic E-state index is 14.8. The number of nitrogens with two attached hydrogens (primary N) is 1. The number of para-hydroxylation sites is 1. The number of aromatic nitrogens is 2. The highest BCUT2D eigenvalue weighted by atomic mass is 35.5. The minimum absolute atomic E-state index is 0.146. The maximum Gasteiger partial charge on any atom is 0.163 e. The van der Waals surface area contributed by atoms with Crippen LogP contribution in [0.4, 0.5) is 20.3 Å². The van der Waals surface area contributed by atoms with Gasteiger partial charge in [0.05, 0.1) is 16.2 Å². The van der Waals surface area contributed by atoms with Crippen molar-refractivity contribution in [3.8, 4) is 11.4 Å². The molecule has 0 fully saturated rings. The van der Waals surface area contributed by atoms with Crippen molar-refractivity contribution in [1.82, 2.24) is 9.97 Å². The molecule has 7 heteroatoms. The Morgan fingerprint density at radius 1 is 1.15 bits per heavy atom. The van der Waals surface area contributed by atoms with Gasteiger partial charge in [-0.1, -0.05) is 44.2 Å². The van der Waals surface area contributed by atoms with Crippen LogP contribution in [0.2, 0.25) is 5.02 Å². The van der Waals surface area contributed by atoms with Crippen molar-refractivity contribution >= 4 is 39.7 Å². The molecule has 0 radical (unpaired) electrons. The van der Waals surface area contributed by atoms with Crippen molar-refractivity contribution in [2.24, 2.45) is 0 Å². The number of nitrogen functional groups attached to an aromatic ring is 1. The van der Waals surface area contributed by atoms with E-state index in [4.69, 9.17) is 22.3 Å². The number of halogens is 3. The van der Waals surface area contributed by atoms with Gasteiger partial charge >= 0.3 is 0 Å². The molecule has 0 aliphatic heterocycles. The molecule has 3 aromatic carbocycles. The van der Waals surface area contributed by atoms with Gasteiger partial charge < -0.3 is 11.1 Å². The van der Waals surface area contributed by atoms with Crippen LogP contribution in [0.5, 0.6) is 0 Å². The summed E-state index contributed by atoms with van der Waals surface area (Å²) in [5.74, 6) is -0.634. The zero-order valence-electron chi connectivity index (χ0n) is 18.8. The summed E-state index contributed by atoms with van der Waals surface area (Å²) >= 11 is 6.41. The maximum absolute atomic E-state index is 14.8. The molecule has 1 atom stereocenters. The van der Waals surface area contributed by atoms with Crippen LogP contribution in [0.1, 0.15) is 37.3 Å². The molecule has 0 saturated heterocycles. The predicted octanol–water partition coefficient (Wildman–Crippen LogP) is 7.56. The molecule has 0 aliphatic carbocycles. The zero-order chi connectivity index (χ0) is 24.4. The number of hydrogen-bond donors (Lipinski definition) is 2. The quantitative estimate of drug-likeness (QED) is 0.222. The van der Waals surface area contributed by atoms with Crippen molar-refractivity contribution in [2.45, 2.75) is 26.2 Å². The van der Waals surface area contributed by atoms with Gasteiger partial charge in [0.25, 0.3) is 0 Å². The number of benzene rings is 3. The van der Waals surface area contributed by atoms with Gasteiger partial charge in [0.2, 0.25) is 0 Å². The third-order valence-corrected chi connectivity index (χ3v) is 6.04. The SMILES string of the molecule is C=C=C(Nc1nc(-c2ccc(N)cc2Cl)nc2ccccc12)c1cc(F)cc(F)c1C(C)CC. The van der Waals surface area contributed by atoms with Crippen molar-refractivity contribution in [2.75, 3.05) is 11.1 Å². The minimum atomic E-state index is -0.684. The molecule has 1 heterocycles. The third kappa shape index (κ3) is 4.51. The Morgan fingerprint density at radius 2 is 1.91 bits per heavy atom. The van der Waals surface area contributed by atoms with Crippen LogP contribution in [0, 0.1) is 11.6 Å². The molecule has 0 amide bonds. The third-order valence-electron chi connectivity index (χ3n) is 5.73. The number of rotatable bonds is 6. The molecule has 4 aromatic rings. The second kappa shape index (κ2) is 9.64. The van der Waals surface area contributed by atoms with Gasteiger partial charge in [0.15, 0.2) is 5.82 Å². The number of nitrogens with zero attached hydrogens (tertiary/aromatic N) is 2. The van der Waals surface area contributed by atoms with Gasteiger partial charge in [0.1, 0.15) is 17.5 Å². The van der Waals surface area contributed by atoms with E-state index < -0.39 is 11.6 Å². The molecule has 1 unspecified atom stereocenters. The van der Waals surface area contributed by atoms with Crippen LogP contribution in [-0.2, 0) is 0 Å². The Kier molecular flexibility index (Phi) is 6.64. The molecule has 1 aromatic heterocycles. The van der Waals surface area contributed by atoms with E-state index in [-0.39, 0.29) is 5.92 Å². The average Bonchev–Trinajstić information content (AvgIpc) is 2.81. The molecule has 4 rings (SSSR count). The van der Waals surface area contributed by atoms with Crippen molar-refractivity contribution in [1.29, 1.82) is 0 Å². The first-order valence-corrected chi connectivity index (χ1v) is 11.2. The molecule has 3 N–H and O–H groups in total. The Morgan fingerprint density at radius 3 is 2.62 bits per heavy atom. The van der Waals surface area contributed by atoms with E-state index in [1.54, 1.807) is 18.2 Å². The van der Waals surface area contributed by atoms with E-state index in [0.717, 1.165) is 6.07 Å². The first-order chi connectivity index (χ1) is 16.3. The van der Waals surface area contributed by atoms with Crippen LogP contribution >= 0.6 is 11.6 Å². The molecule has 0 saturated carbocycles. The summed E-state index contributed by atoms with van der Waals surface area (Å²) in [4.78, 5) is 9.34. The Labute approximate surface area is 201 Å². The largest absolute Gasteiger partial charge is 0.399 e. The highest BCUT2D eigenvalue weighted by Crippen LogP contribution is 2.34. The number of anilines is 2. The summed E-state index contributed by atoms with van der Waals surface area (Å²) < 4.78 is 29.1. The molecular formula is C27H23ClF2N4. The summed E-state index contributed by atoms with van der Waals surface area (Å²) in [6, 6.07) is 14.7. The van der Waals surface area contributed by atoms with Crippen LogP contribution in [0.3, 0.4) is 0 Å². The van der Waals surface area contributed by atoms with Crippen molar-refractivity contribution in [3.63, 3.8) is 0 Å². The standard InChI is InChI=1S/C27H23ClF2N4/c1-4-15(3)25-20(12-16(29)13-22(25)30)23(5-2)32-27-19-8-6-7-9-24(19)33-26(34-27)18-11-10-17(31)14-21(18)28/h6-15H,2,4,31H2,1,3H3,(H,32,33,34). The normalized spacial score (nSPS) is 11.8. The molecule has 0 aliphatic rings. The highest BCUT2D eigenvalue weighted by molar-refractivity contribution is 6.33. The summed E-state index contributed by atoms with van der Waals surface area (Å²) in [5.41, 5.74) is 11.5. The van der Waals surface area contributed by atoms with Gasteiger partial charge in [-0.25, -0.2) is 18.7 Å². The van der Waals surface area contributed by atoms with Crippen molar-refractivity contribution in [3.05, 3.63) is 94.7 Å². The summed E-state index contributed by atoms with van der Waals surface area (Å²) in [5, 5.41) is 4.32. The number of nitrogens with one attached hydrogen (secondary N) is 1. The molecular weight excluding hydrogens is 454 g/mol. The predicted molar refractivity (Wildman–Crippen MR) is 136 cm³/mol. The highest BCUT2D eigenvalue weighted by Gasteiger charge is 2.21. The van der Waals surface area contributed by atoms with Gasteiger partial charge in [0, 0.05) is 33.8 Å². The second-order valence-electron chi connectivity index (χ2n) is 7.99. The molecule has 4 nitrogen and oxygen atoms in total. The minimum Gasteiger partial charge on any atom is -0.399 e. The van der Waals surface area contributed by atoms with Gasteiger partial charge in [-0.05, 0) is 48.7 Å². The van der Waals surface area contributed by atoms with Crippen molar-refractivity contribution < 1.29 is 8.78 Å². The van der Waals surface area contributed by atoms with Crippen LogP contribution in [-0.4, -0.2) is 9.97 Å². The summed E-state index contributed by atoms with van der Waals surface area (Å²) in [6.45, 7) is 7.59. The summed E-state index contributed by atoms with van der Waals surface area (Å²) in [7, 11) is 0. The number of hydrogen-bond acceptors (Lipinski definition) is 4. The molecule has 172 valence electrons. The lowest BCUT2D eigenvalue weighted by molar-refractivity contribution is 0.555. The first-order valence-electron chi connectivity index (χ1n) is 10.8. The van der Waals surface area contributed by atoms with E-state index in [2.05, 4.69) is 22.6 Å². The van der Waals surface area contributed by atoms with E-state index in [0.29, 0.717) is 62.1 Å². The molecule has 0 bridgehead atoms. The zero-order valence-corrected chi connectivity index (χ0v) is 19.5. The lowest BCUT2D eigenvalue weighted by atomic mass is 9.91. The second-order valence-corrected chi connectivity index (χ2v) is 8.39. The monoisotopic (exact) mass is 476 g/mol. The summed E-state index contributed by atoms with van der Waals surface area (Å²) in [6.07, 6.45) is 0.677. The average molecular weight is 477 g/mol. The molecule has 34 heavy (non-hydrogen) atoms. The van der Waals surface area contributed by atoms with Crippen LogP contribution in [0.15, 0.2) is 66.9 Å². The first kappa shape index (κ1) is 23.4. The topological polar surface area (TPSA) is 63.8 Å².